The molecule has 0 aromatic heterocycles. The lowest BCUT2D eigenvalue weighted by atomic mass is 9.99. The van der Waals surface area contributed by atoms with Crippen molar-refractivity contribution in [3.63, 3.8) is 0 Å². The molecule has 0 aromatic rings. The Balaban J connectivity index is 4.14. The summed E-state index contributed by atoms with van der Waals surface area (Å²) in [6, 6.07) is 1.57. The van der Waals surface area contributed by atoms with Crippen LogP contribution < -0.4 is 0 Å². The summed E-state index contributed by atoms with van der Waals surface area (Å²) in [4.78, 5) is 0. The molecule has 1 atom stereocenters. The molecule has 0 aliphatic rings. The topological polar surface area (TPSA) is 0 Å². The fourth-order valence-electron chi connectivity index (χ4n) is 4.50. The van der Waals surface area contributed by atoms with E-state index in [4.69, 9.17) is 0 Å². The van der Waals surface area contributed by atoms with E-state index in [1.165, 1.54) is 128 Å². The lowest BCUT2D eigenvalue weighted by molar-refractivity contribution is 0.546. The van der Waals surface area contributed by atoms with E-state index in [-0.39, 0.29) is 9.52 Å². The van der Waals surface area contributed by atoms with Crippen LogP contribution >= 0.6 is 0 Å². The van der Waals surface area contributed by atoms with Crippen LogP contribution in [0.1, 0.15) is 156 Å². The van der Waals surface area contributed by atoms with Crippen molar-refractivity contribution in [3.8, 4) is 0 Å². The smallest absolute Gasteiger partial charge is 0.0314 e. The van der Waals surface area contributed by atoms with E-state index in [2.05, 4.69) is 39.8 Å². The quantitative estimate of drug-likeness (QED) is 0.0872. The first kappa shape index (κ1) is 29.0. The first-order valence-corrected chi connectivity index (χ1v) is 15.6. The van der Waals surface area contributed by atoms with E-state index in [1.807, 2.05) is 0 Å². The van der Waals surface area contributed by atoms with Gasteiger partial charge in [0.1, 0.15) is 0 Å². The van der Waals surface area contributed by atoms with Crippen molar-refractivity contribution in [2.75, 3.05) is 0 Å². The van der Waals surface area contributed by atoms with Crippen LogP contribution in [0.4, 0.5) is 0 Å². The van der Waals surface area contributed by atoms with Gasteiger partial charge in [-0.25, -0.2) is 0 Å². The summed E-state index contributed by atoms with van der Waals surface area (Å²) in [7, 11) is 0.00674. The number of rotatable bonds is 23. The van der Waals surface area contributed by atoms with Gasteiger partial charge in [0, 0.05) is 9.52 Å². The predicted molar refractivity (Wildman–Crippen MR) is 140 cm³/mol. The van der Waals surface area contributed by atoms with Crippen molar-refractivity contribution in [2.45, 2.75) is 167 Å². The van der Waals surface area contributed by atoms with E-state index in [9.17, 15) is 0 Å². The summed E-state index contributed by atoms with van der Waals surface area (Å²) in [6.45, 7) is 9.55. The van der Waals surface area contributed by atoms with E-state index in [0.29, 0.717) is 5.04 Å². The minimum absolute atomic E-state index is 0.00674. The molecule has 0 spiro atoms. The van der Waals surface area contributed by atoms with Gasteiger partial charge in [0.05, 0.1) is 0 Å². The standard InChI is InChI=1S/C28H58Si/c1-5-8-11-14-17-20-23-26-28(4,25-22-19-16-13-10-7-3)29-27-24-21-18-15-12-9-6-2/h23,26H,5-22,24-25,27,29H2,1-4H3. The molecular formula is C28H58Si. The van der Waals surface area contributed by atoms with Crippen molar-refractivity contribution in [1.29, 1.82) is 0 Å². The third-order valence-corrected chi connectivity index (χ3v) is 9.28. The molecule has 174 valence electrons. The van der Waals surface area contributed by atoms with Crippen LogP contribution in [0.25, 0.3) is 0 Å². The summed E-state index contributed by atoms with van der Waals surface area (Å²) in [5.41, 5.74) is 0. The molecule has 0 bridgehead atoms. The van der Waals surface area contributed by atoms with Crippen LogP contribution in [0.2, 0.25) is 11.1 Å². The van der Waals surface area contributed by atoms with Gasteiger partial charge < -0.3 is 0 Å². The number of unbranched alkanes of at least 4 members (excludes halogenated alkanes) is 16. The molecule has 0 saturated carbocycles. The molecule has 0 heterocycles. The summed E-state index contributed by atoms with van der Waals surface area (Å²) in [5, 5.41) is 0.594. The molecule has 0 rings (SSSR count). The Kier molecular flexibility index (Phi) is 22.6. The molecule has 0 aromatic carbocycles. The van der Waals surface area contributed by atoms with Gasteiger partial charge in [-0.1, -0.05) is 155 Å². The SMILES string of the molecule is CCCCCCCC=CC(C)(CCCCCCCC)[SiH2]CCCCCCCCC. The van der Waals surface area contributed by atoms with E-state index < -0.39 is 0 Å². The fraction of sp³-hybridized carbons (Fsp3) is 0.929. The van der Waals surface area contributed by atoms with E-state index >= 15 is 0 Å². The average molecular weight is 423 g/mol. The zero-order valence-corrected chi connectivity index (χ0v) is 22.6. The monoisotopic (exact) mass is 422 g/mol. The fourth-order valence-corrected chi connectivity index (χ4v) is 6.74. The molecule has 29 heavy (non-hydrogen) atoms. The molecule has 0 N–H and O–H groups in total. The first-order chi connectivity index (χ1) is 14.2. The predicted octanol–water partition coefficient (Wildman–Crippen LogP) is 10.2. The Bertz CT molecular complexity index is 335. The molecular weight excluding hydrogens is 364 g/mol. The van der Waals surface area contributed by atoms with Crippen LogP contribution in [0, 0.1) is 0 Å². The van der Waals surface area contributed by atoms with Crippen LogP contribution in [-0.4, -0.2) is 9.52 Å². The highest BCUT2D eigenvalue weighted by molar-refractivity contribution is 6.40. The lowest BCUT2D eigenvalue weighted by Crippen LogP contribution is -2.14. The van der Waals surface area contributed by atoms with Gasteiger partial charge in [-0.05, 0) is 24.3 Å². The summed E-state index contributed by atoms with van der Waals surface area (Å²) >= 11 is 0. The second-order valence-electron chi connectivity index (χ2n) is 10.0. The van der Waals surface area contributed by atoms with Gasteiger partial charge in [-0.3, -0.25) is 0 Å². The highest BCUT2D eigenvalue weighted by atomic mass is 28.2. The number of hydrogen-bond acceptors (Lipinski definition) is 0. The molecule has 1 heteroatoms. The maximum absolute atomic E-state index is 2.69. The lowest BCUT2D eigenvalue weighted by Gasteiger charge is -2.26. The van der Waals surface area contributed by atoms with Gasteiger partial charge in [-0.2, -0.15) is 0 Å². The third-order valence-electron chi connectivity index (χ3n) is 6.70. The molecule has 0 aliphatic carbocycles. The van der Waals surface area contributed by atoms with Gasteiger partial charge in [-0.15, -0.1) is 0 Å². The Morgan fingerprint density at radius 1 is 0.552 bits per heavy atom. The van der Waals surface area contributed by atoms with Crippen molar-refractivity contribution in [3.05, 3.63) is 12.2 Å². The van der Waals surface area contributed by atoms with Crippen molar-refractivity contribution in [1.82, 2.24) is 0 Å². The second-order valence-corrected chi connectivity index (χ2v) is 12.8. The Hall–Kier alpha value is -0.0431. The molecule has 0 amide bonds. The van der Waals surface area contributed by atoms with Crippen LogP contribution in [0.15, 0.2) is 12.2 Å². The normalized spacial score (nSPS) is 14.3. The van der Waals surface area contributed by atoms with Crippen molar-refractivity contribution >= 4 is 9.52 Å². The van der Waals surface area contributed by atoms with Gasteiger partial charge in [0.2, 0.25) is 0 Å². The highest BCUT2D eigenvalue weighted by Gasteiger charge is 2.20. The van der Waals surface area contributed by atoms with Crippen LogP contribution in [0.3, 0.4) is 0 Å². The van der Waals surface area contributed by atoms with E-state index in [1.54, 1.807) is 6.04 Å². The molecule has 0 radical (unpaired) electrons. The second kappa shape index (κ2) is 22.6. The summed E-state index contributed by atoms with van der Waals surface area (Å²) in [5.74, 6) is 0. The number of hydrogen-bond donors (Lipinski definition) is 0. The molecule has 0 saturated heterocycles. The van der Waals surface area contributed by atoms with E-state index in [0.717, 1.165) is 0 Å². The zero-order valence-electron chi connectivity index (χ0n) is 21.2. The minimum atomic E-state index is 0.00674. The first-order valence-electron chi connectivity index (χ1n) is 13.9. The zero-order chi connectivity index (χ0) is 21.5. The van der Waals surface area contributed by atoms with Crippen molar-refractivity contribution in [2.24, 2.45) is 0 Å². The molecule has 0 aliphatic heterocycles. The van der Waals surface area contributed by atoms with Crippen LogP contribution in [0.5, 0.6) is 0 Å². The van der Waals surface area contributed by atoms with Gasteiger partial charge in [0.15, 0.2) is 0 Å². The van der Waals surface area contributed by atoms with Crippen LogP contribution in [-0.2, 0) is 0 Å². The highest BCUT2D eigenvalue weighted by Crippen LogP contribution is 2.35. The van der Waals surface area contributed by atoms with Crippen molar-refractivity contribution < 1.29 is 0 Å². The number of allylic oxidation sites excluding steroid dienone is 2. The minimum Gasteiger partial charge on any atom is -0.0883 e. The summed E-state index contributed by atoms with van der Waals surface area (Å²) < 4.78 is 0. The maximum atomic E-state index is 2.69. The molecule has 0 fully saturated rings. The Morgan fingerprint density at radius 2 is 1.00 bits per heavy atom. The largest absolute Gasteiger partial charge is 0.0883 e. The summed E-state index contributed by atoms with van der Waals surface area (Å²) in [6.07, 6.45) is 34.0. The Morgan fingerprint density at radius 3 is 1.55 bits per heavy atom. The third kappa shape index (κ3) is 21.0. The molecule has 0 nitrogen and oxygen atoms in total. The average Bonchev–Trinajstić information content (AvgIpc) is 2.72. The van der Waals surface area contributed by atoms with Gasteiger partial charge >= 0.3 is 0 Å². The Labute approximate surface area is 188 Å². The maximum Gasteiger partial charge on any atom is 0.0314 e. The van der Waals surface area contributed by atoms with Gasteiger partial charge in [0.25, 0.3) is 0 Å². The molecule has 1 unspecified atom stereocenters.